The van der Waals surface area contributed by atoms with Crippen molar-refractivity contribution in [1.82, 2.24) is 31.9 Å². The SMILES string of the molecule is CC(=O)N[C@H]1[C@H]2OC[C@](COCCCCC(=O)NCCCNC(=O)CCOCC(COCCC(=O)NCCCNC(=O)CCCCOC[C@@]34CO[C@@H](O3)[C@H](NC(C)=O)[C@@H](OC(C)=O)[C@H]4C)CC(=O)CCCCCCCCCCC(=O)O)(O2)[C@H](C)[C@@H]1OC(C)=O. The van der Waals surface area contributed by atoms with Crippen molar-refractivity contribution in [3.8, 4) is 0 Å². The Bertz CT molecular complexity index is 2100. The van der Waals surface area contributed by atoms with E-state index >= 15 is 0 Å². The number of amides is 6. The Balaban J connectivity index is 1.03. The highest BCUT2D eigenvalue weighted by atomic mass is 16.8. The van der Waals surface area contributed by atoms with E-state index in [-0.39, 0.29) is 138 Å². The number of carboxylic acid groups (broad SMARTS) is 1. The molecule has 0 aromatic carbocycles. The fourth-order valence-corrected chi connectivity index (χ4v) is 11.3. The van der Waals surface area contributed by atoms with Gasteiger partial charge in [0.15, 0.2) is 12.6 Å². The van der Waals surface area contributed by atoms with E-state index in [1.807, 2.05) is 13.8 Å². The summed E-state index contributed by atoms with van der Waals surface area (Å²) >= 11 is 0. The lowest BCUT2D eigenvalue weighted by Crippen LogP contribution is -2.63. The summed E-state index contributed by atoms with van der Waals surface area (Å²) < 4.78 is 58.9. The second kappa shape index (κ2) is 41.9. The number of esters is 2. The monoisotopic (exact) mass is 1270 g/mol. The molecule has 0 aromatic heterocycles. The van der Waals surface area contributed by atoms with Crippen LogP contribution >= 0.6 is 0 Å². The van der Waals surface area contributed by atoms with Crippen molar-refractivity contribution in [3.05, 3.63) is 0 Å². The van der Waals surface area contributed by atoms with E-state index in [1.165, 1.54) is 27.7 Å². The van der Waals surface area contributed by atoms with Crippen LogP contribution in [0.3, 0.4) is 0 Å². The molecule has 6 amide bonds. The summed E-state index contributed by atoms with van der Waals surface area (Å²) in [6, 6.07) is -1.30. The van der Waals surface area contributed by atoms with Crippen molar-refractivity contribution in [2.75, 3.05) is 92.2 Å². The molecule has 4 heterocycles. The van der Waals surface area contributed by atoms with Gasteiger partial charge in [-0.25, -0.2) is 0 Å². The number of aliphatic carboxylic acids is 1. The summed E-state index contributed by atoms with van der Waals surface area (Å²) in [4.78, 5) is 121. The molecule has 4 aliphatic heterocycles. The fraction of sp³-hybridized carbons (Fsp3) is 0.839. The molecule has 4 aliphatic rings. The van der Waals surface area contributed by atoms with E-state index < -0.39 is 66.0 Å². The molecule has 4 bridgehead atoms. The van der Waals surface area contributed by atoms with Gasteiger partial charge >= 0.3 is 17.9 Å². The lowest BCUT2D eigenvalue weighted by atomic mass is 9.81. The molecular formula is C62H104N6O21. The number of carbonyl (C=O) groups excluding carboxylic acids is 9. The molecular weight excluding hydrogens is 1160 g/mol. The molecule has 0 aromatic rings. The zero-order chi connectivity index (χ0) is 65.0. The van der Waals surface area contributed by atoms with Gasteiger partial charge in [0.05, 0.1) is 52.9 Å². The zero-order valence-corrected chi connectivity index (χ0v) is 53.6. The van der Waals surface area contributed by atoms with Gasteiger partial charge in [-0.3, -0.25) is 47.9 Å². The van der Waals surface area contributed by atoms with Crippen molar-refractivity contribution in [2.45, 2.75) is 224 Å². The standard InChI is InChI=1S/C62H104N6O21/c1-42-57(86-46(5)71)55(67-44(3)69)59-84-40-61(42,88-59)38-82-31-17-15-22-50(74)63-27-19-29-65-52(76)25-33-80-36-48(35-49(73)21-13-11-9-7-8-10-12-14-24-54(78)79)37-81-34-26-53(77)66-30-20-28-64-51(75)23-16-18-32-83-39-62-41-85-60(89-62)56(68-45(4)70)58(43(62)2)87-47(6)72/h42-43,48,55-60H,7-41H2,1-6H3,(H,63,74)(H,64,75)(H,65,76)(H,66,77)(H,67,69)(H,68,70)(H,78,79)/t42-,43-,55-,56-,57+,58+,59+,60+,61+,62+/m1/s1. The van der Waals surface area contributed by atoms with E-state index in [1.54, 1.807) is 0 Å². The van der Waals surface area contributed by atoms with Gasteiger partial charge in [0.1, 0.15) is 41.3 Å². The van der Waals surface area contributed by atoms with Crippen LogP contribution in [0, 0.1) is 17.8 Å². The number of fused-ring (bicyclic) bond motifs is 4. The van der Waals surface area contributed by atoms with E-state index in [0.717, 1.165) is 44.9 Å². The molecule has 0 radical (unpaired) electrons. The zero-order valence-electron chi connectivity index (χ0n) is 53.6. The van der Waals surface area contributed by atoms with Crippen molar-refractivity contribution in [3.63, 3.8) is 0 Å². The molecule has 0 unspecified atom stereocenters. The third kappa shape index (κ3) is 29.2. The first-order valence-electron chi connectivity index (χ1n) is 32.2. The molecule has 4 fully saturated rings. The van der Waals surface area contributed by atoms with E-state index in [9.17, 15) is 47.9 Å². The van der Waals surface area contributed by atoms with Gasteiger partial charge in [0.2, 0.25) is 35.4 Å². The molecule has 0 aliphatic carbocycles. The molecule has 7 N–H and O–H groups in total. The molecule has 10 atom stereocenters. The molecule has 27 nitrogen and oxygen atoms in total. The van der Waals surface area contributed by atoms with Gasteiger partial charge in [0.25, 0.3) is 0 Å². The molecule has 0 spiro atoms. The van der Waals surface area contributed by atoms with Crippen LogP contribution in [0.25, 0.3) is 0 Å². The highest BCUT2D eigenvalue weighted by Crippen LogP contribution is 2.44. The minimum absolute atomic E-state index is 0.0831. The third-order valence-corrected chi connectivity index (χ3v) is 16.3. The Hall–Kier alpha value is -5.42. The minimum Gasteiger partial charge on any atom is -0.481 e. The van der Waals surface area contributed by atoms with Gasteiger partial charge in [-0.1, -0.05) is 52.4 Å². The summed E-state index contributed by atoms with van der Waals surface area (Å²) in [5.41, 5.74) is -1.70. The van der Waals surface area contributed by atoms with Gasteiger partial charge in [0, 0.05) is 130 Å². The van der Waals surface area contributed by atoms with Crippen molar-refractivity contribution in [2.24, 2.45) is 17.8 Å². The Labute approximate surface area is 524 Å². The fourth-order valence-electron chi connectivity index (χ4n) is 11.3. The third-order valence-electron chi connectivity index (χ3n) is 16.3. The Morgan fingerprint density at radius 1 is 0.461 bits per heavy atom. The van der Waals surface area contributed by atoms with Crippen LogP contribution in [-0.4, -0.2) is 205 Å². The number of unbranched alkanes of at least 4 members (excludes halogenated alkanes) is 9. The van der Waals surface area contributed by atoms with Crippen LogP contribution in [0.2, 0.25) is 0 Å². The van der Waals surface area contributed by atoms with Crippen LogP contribution in [0.5, 0.6) is 0 Å². The maximum Gasteiger partial charge on any atom is 0.303 e. The Morgan fingerprint density at radius 3 is 1.21 bits per heavy atom. The van der Waals surface area contributed by atoms with Gasteiger partial charge in [-0.05, 0) is 51.4 Å². The van der Waals surface area contributed by atoms with E-state index in [0.29, 0.717) is 104 Å². The quantitative estimate of drug-likeness (QED) is 0.0339. The Morgan fingerprint density at radius 2 is 0.831 bits per heavy atom. The molecule has 4 rings (SSSR count). The first kappa shape index (κ1) is 76.0. The first-order valence-corrected chi connectivity index (χ1v) is 32.2. The van der Waals surface area contributed by atoms with Crippen molar-refractivity contribution in [1.29, 1.82) is 0 Å². The topological polar surface area (TPSA) is 355 Å². The molecule has 0 saturated carbocycles. The number of Topliss-reactive ketones (excluding diaryl/α,β-unsaturated/α-hetero) is 1. The van der Waals surface area contributed by atoms with Gasteiger partial charge in [-0.2, -0.15) is 0 Å². The van der Waals surface area contributed by atoms with Crippen LogP contribution in [0.1, 0.15) is 176 Å². The number of hydrogen-bond acceptors (Lipinski definition) is 20. The van der Waals surface area contributed by atoms with Crippen LogP contribution in [0.15, 0.2) is 0 Å². The second-order valence-electron chi connectivity index (χ2n) is 24.0. The number of carboxylic acids is 1. The summed E-state index contributed by atoms with van der Waals surface area (Å²) in [5, 5.41) is 25.8. The summed E-state index contributed by atoms with van der Waals surface area (Å²) in [6.45, 7) is 12.8. The number of ketones is 1. The number of ether oxygens (including phenoxy) is 10. The maximum atomic E-state index is 13.1. The average molecular weight is 1270 g/mol. The molecule has 4 saturated heterocycles. The number of rotatable bonds is 49. The van der Waals surface area contributed by atoms with E-state index in [2.05, 4.69) is 31.9 Å². The highest BCUT2D eigenvalue weighted by Gasteiger charge is 2.61. The first-order chi connectivity index (χ1) is 42.6. The normalized spacial score (nSPS) is 24.4. The lowest BCUT2D eigenvalue weighted by Gasteiger charge is -2.45. The van der Waals surface area contributed by atoms with Crippen molar-refractivity contribution >= 4 is 59.1 Å². The summed E-state index contributed by atoms with van der Waals surface area (Å²) in [6.07, 6.45) is 9.58. The number of carbonyl (C=O) groups is 10. The number of hydrogen-bond donors (Lipinski definition) is 7. The Kier molecular flexibility index (Phi) is 35.8. The summed E-state index contributed by atoms with van der Waals surface area (Å²) in [7, 11) is 0. The van der Waals surface area contributed by atoms with Crippen LogP contribution in [0.4, 0.5) is 0 Å². The van der Waals surface area contributed by atoms with Gasteiger partial charge < -0.3 is 84.4 Å². The smallest absolute Gasteiger partial charge is 0.303 e. The van der Waals surface area contributed by atoms with Gasteiger partial charge in [-0.15, -0.1) is 0 Å². The molecule has 27 heteroatoms. The molecule has 89 heavy (non-hydrogen) atoms. The number of nitrogens with one attached hydrogen (secondary N) is 6. The highest BCUT2D eigenvalue weighted by molar-refractivity contribution is 5.79. The minimum atomic E-state index is -0.852. The summed E-state index contributed by atoms with van der Waals surface area (Å²) in [5.74, 6) is -3.83. The average Bonchev–Trinajstić information content (AvgIpc) is 1.68. The predicted molar refractivity (Wildman–Crippen MR) is 320 cm³/mol. The second-order valence-corrected chi connectivity index (χ2v) is 24.0. The van der Waals surface area contributed by atoms with Crippen LogP contribution in [-0.2, 0) is 95.3 Å². The lowest BCUT2D eigenvalue weighted by molar-refractivity contribution is -0.223. The predicted octanol–water partition coefficient (Wildman–Crippen LogP) is 3.38. The van der Waals surface area contributed by atoms with E-state index in [4.69, 9.17) is 52.5 Å². The molecule has 508 valence electrons. The maximum absolute atomic E-state index is 13.1. The van der Waals surface area contributed by atoms with Crippen LogP contribution < -0.4 is 31.9 Å². The van der Waals surface area contributed by atoms with Crippen molar-refractivity contribution < 1.29 is 100 Å². The largest absolute Gasteiger partial charge is 0.481 e.